The summed E-state index contributed by atoms with van der Waals surface area (Å²) in [6.07, 6.45) is 0. The monoisotopic (exact) mass is 711 g/mol. The van der Waals surface area contributed by atoms with Crippen molar-refractivity contribution in [2.24, 2.45) is 0 Å². The van der Waals surface area contributed by atoms with Gasteiger partial charge in [-0.3, -0.25) is 0 Å². The molecule has 0 aliphatic heterocycles. The van der Waals surface area contributed by atoms with Crippen molar-refractivity contribution < 1.29 is 4.57 Å². The molecule has 256 valence electrons. The lowest BCUT2D eigenvalue weighted by Crippen LogP contribution is -2.24. The molecule has 1 heterocycles. The van der Waals surface area contributed by atoms with Gasteiger partial charge in [0.05, 0.1) is 0 Å². The molecule has 0 saturated heterocycles. The summed E-state index contributed by atoms with van der Waals surface area (Å²) in [5, 5.41) is 4.74. The molecule has 0 fully saturated rings. The molecular weight excluding hydrogens is 678 g/mol. The molecule has 8 aromatic carbocycles. The van der Waals surface area contributed by atoms with E-state index < -0.39 is 7.14 Å². The smallest absolute Gasteiger partial charge is 0.171 e. The van der Waals surface area contributed by atoms with Crippen LogP contribution in [0.15, 0.2) is 206 Å². The Bertz CT molecular complexity index is 2670. The maximum absolute atomic E-state index is 15.0. The molecule has 0 unspecified atom stereocenters. The summed E-state index contributed by atoms with van der Waals surface area (Å²) in [7, 11) is -3.07. The summed E-state index contributed by atoms with van der Waals surface area (Å²) in [5.41, 5.74) is 7.15. The summed E-state index contributed by atoms with van der Waals surface area (Å²) < 4.78 is 15.0. The third kappa shape index (κ3) is 6.23. The van der Waals surface area contributed by atoms with E-state index in [1.165, 1.54) is 0 Å². The lowest BCUT2D eigenvalue weighted by Gasteiger charge is -2.20. The van der Waals surface area contributed by atoms with Crippen LogP contribution < -0.4 is 15.9 Å². The van der Waals surface area contributed by atoms with Crippen LogP contribution in [0, 0.1) is 0 Å². The van der Waals surface area contributed by atoms with Crippen molar-refractivity contribution in [3.8, 4) is 56.4 Å². The highest BCUT2D eigenvalue weighted by Gasteiger charge is 2.29. The van der Waals surface area contributed by atoms with Crippen molar-refractivity contribution in [1.29, 1.82) is 0 Å². The molecule has 0 aliphatic carbocycles. The molecule has 0 aliphatic rings. The number of hydrogen-bond acceptors (Lipinski definition) is 4. The minimum absolute atomic E-state index is 0.619. The molecule has 5 heteroatoms. The van der Waals surface area contributed by atoms with Crippen molar-refractivity contribution in [1.82, 2.24) is 15.0 Å². The molecule has 0 radical (unpaired) electrons. The third-order valence-electron chi connectivity index (χ3n) is 9.84. The lowest BCUT2D eigenvalue weighted by atomic mass is 9.91. The van der Waals surface area contributed by atoms with Crippen LogP contribution in [0.4, 0.5) is 0 Å². The Kier molecular flexibility index (Phi) is 8.80. The Morgan fingerprint density at radius 1 is 0.296 bits per heavy atom. The molecule has 9 rings (SSSR count). The van der Waals surface area contributed by atoms with E-state index >= 15 is 0 Å². The third-order valence-corrected chi connectivity index (χ3v) is 12.9. The zero-order valence-electron chi connectivity index (χ0n) is 29.3. The van der Waals surface area contributed by atoms with Gasteiger partial charge in [-0.05, 0) is 39.1 Å². The first-order chi connectivity index (χ1) is 26.6. The van der Waals surface area contributed by atoms with E-state index in [1.54, 1.807) is 0 Å². The molecule has 0 bridgehead atoms. The van der Waals surface area contributed by atoms with Crippen LogP contribution in [0.2, 0.25) is 0 Å². The Hall–Kier alpha value is -6.74. The summed E-state index contributed by atoms with van der Waals surface area (Å²) >= 11 is 0. The van der Waals surface area contributed by atoms with Crippen molar-refractivity contribution in [3.63, 3.8) is 0 Å². The van der Waals surface area contributed by atoms with Gasteiger partial charge in [0.2, 0.25) is 0 Å². The zero-order chi connectivity index (χ0) is 36.3. The highest BCUT2D eigenvalue weighted by atomic mass is 31.2. The van der Waals surface area contributed by atoms with E-state index in [2.05, 4.69) is 72.8 Å². The molecule has 9 aromatic rings. The van der Waals surface area contributed by atoms with E-state index in [1.807, 2.05) is 133 Å². The maximum atomic E-state index is 15.0. The quantitative estimate of drug-likeness (QED) is 0.147. The van der Waals surface area contributed by atoms with E-state index in [9.17, 15) is 4.57 Å². The average Bonchev–Trinajstić information content (AvgIpc) is 3.27. The molecule has 1 aromatic heterocycles. The van der Waals surface area contributed by atoms with Crippen molar-refractivity contribution in [2.45, 2.75) is 0 Å². The SMILES string of the molecule is O=P(c1ccccc1)(c1ccccc1)c1ccc(-c2ccc(-c3cccc(-c4nc(-c5ccccc5)nc(-c5ccccc5)n4)c3)c3ccccc23)cc1. The standard InChI is InChI=1S/C49H34N3OP/c53-54(40-22-9-3-10-23-40,41-24-11-4-12-25-41)42-30-28-35(29-31-42)43-32-33-44(46-27-14-13-26-45(43)46)38-20-15-21-39(34-38)49-51-47(36-16-5-1-6-17-36)50-48(52-49)37-18-7-2-8-19-37/h1-34H. The predicted molar refractivity (Wildman–Crippen MR) is 224 cm³/mol. The number of aromatic nitrogens is 3. The minimum atomic E-state index is -3.07. The highest BCUT2D eigenvalue weighted by Crippen LogP contribution is 2.43. The number of fused-ring (bicyclic) bond motifs is 1. The van der Waals surface area contributed by atoms with Gasteiger partial charge in [0.1, 0.15) is 0 Å². The predicted octanol–water partition coefficient (Wildman–Crippen LogP) is 11.0. The summed E-state index contributed by atoms with van der Waals surface area (Å²) in [6.45, 7) is 0. The highest BCUT2D eigenvalue weighted by molar-refractivity contribution is 7.85. The molecule has 4 nitrogen and oxygen atoms in total. The van der Waals surface area contributed by atoms with Gasteiger partial charge in [-0.25, -0.2) is 15.0 Å². The Morgan fingerprint density at radius 3 is 1.17 bits per heavy atom. The second-order valence-corrected chi connectivity index (χ2v) is 15.9. The minimum Gasteiger partial charge on any atom is -0.309 e. The number of hydrogen-bond donors (Lipinski definition) is 0. The van der Waals surface area contributed by atoms with Crippen LogP contribution in [0.25, 0.3) is 67.2 Å². The number of rotatable bonds is 8. The molecule has 0 amide bonds. The zero-order valence-corrected chi connectivity index (χ0v) is 30.2. The molecule has 0 saturated carbocycles. The summed E-state index contributed by atoms with van der Waals surface area (Å²) in [4.78, 5) is 14.8. The number of benzene rings is 8. The van der Waals surface area contributed by atoms with E-state index in [-0.39, 0.29) is 0 Å². The van der Waals surface area contributed by atoms with E-state index in [0.29, 0.717) is 17.5 Å². The van der Waals surface area contributed by atoms with Crippen LogP contribution in [-0.4, -0.2) is 15.0 Å². The molecule has 0 atom stereocenters. The van der Waals surface area contributed by atoms with Gasteiger partial charge in [0, 0.05) is 32.6 Å². The second kappa shape index (κ2) is 14.4. The topological polar surface area (TPSA) is 55.7 Å². The average molecular weight is 712 g/mol. The normalized spacial score (nSPS) is 11.4. The fourth-order valence-corrected chi connectivity index (χ4v) is 9.79. The maximum Gasteiger partial charge on any atom is 0.171 e. The first-order valence-electron chi connectivity index (χ1n) is 18.0. The van der Waals surface area contributed by atoms with Gasteiger partial charge < -0.3 is 4.57 Å². The van der Waals surface area contributed by atoms with Gasteiger partial charge in [-0.15, -0.1) is 0 Å². The van der Waals surface area contributed by atoms with E-state index in [0.717, 1.165) is 65.6 Å². The van der Waals surface area contributed by atoms with Gasteiger partial charge in [-0.1, -0.05) is 200 Å². The van der Waals surface area contributed by atoms with Gasteiger partial charge in [0.25, 0.3) is 0 Å². The molecule has 54 heavy (non-hydrogen) atoms. The summed E-state index contributed by atoms with van der Waals surface area (Å²) in [6, 6.07) is 69.3. The lowest BCUT2D eigenvalue weighted by molar-refractivity contribution is 0.592. The summed E-state index contributed by atoms with van der Waals surface area (Å²) in [5.74, 6) is 1.89. The fourth-order valence-electron chi connectivity index (χ4n) is 7.14. The van der Waals surface area contributed by atoms with Crippen LogP contribution in [-0.2, 0) is 4.57 Å². The largest absolute Gasteiger partial charge is 0.309 e. The fraction of sp³-hybridized carbons (Fsp3) is 0. The van der Waals surface area contributed by atoms with Crippen LogP contribution in [0.5, 0.6) is 0 Å². The van der Waals surface area contributed by atoms with Crippen LogP contribution >= 0.6 is 7.14 Å². The second-order valence-electron chi connectivity index (χ2n) is 13.2. The van der Waals surface area contributed by atoms with Crippen molar-refractivity contribution in [2.75, 3.05) is 0 Å². The van der Waals surface area contributed by atoms with E-state index in [4.69, 9.17) is 15.0 Å². The van der Waals surface area contributed by atoms with Crippen LogP contribution in [0.1, 0.15) is 0 Å². The van der Waals surface area contributed by atoms with Gasteiger partial charge in [-0.2, -0.15) is 0 Å². The molecular formula is C49H34N3OP. The van der Waals surface area contributed by atoms with Crippen molar-refractivity contribution >= 4 is 33.8 Å². The van der Waals surface area contributed by atoms with Gasteiger partial charge >= 0.3 is 0 Å². The first-order valence-corrected chi connectivity index (χ1v) is 19.7. The Morgan fingerprint density at radius 2 is 0.667 bits per heavy atom. The number of nitrogens with zero attached hydrogens (tertiary/aromatic N) is 3. The molecule has 0 N–H and O–H groups in total. The van der Waals surface area contributed by atoms with Crippen molar-refractivity contribution in [3.05, 3.63) is 206 Å². The Labute approximate surface area is 314 Å². The molecule has 0 spiro atoms. The van der Waals surface area contributed by atoms with Crippen LogP contribution in [0.3, 0.4) is 0 Å². The van der Waals surface area contributed by atoms with Gasteiger partial charge in [0.15, 0.2) is 24.6 Å². The first kappa shape index (κ1) is 33.1. The Balaban J connectivity index is 1.11.